The highest BCUT2D eigenvalue weighted by molar-refractivity contribution is 9.10. The van der Waals surface area contributed by atoms with E-state index in [0.29, 0.717) is 11.1 Å². The molecule has 0 spiro atoms. The average Bonchev–Trinajstić information content (AvgIpc) is 2.39. The van der Waals surface area contributed by atoms with Crippen molar-refractivity contribution in [3.05, 3.63) is 33.8 Å². The van der Waals surface area contributed by atoms with E-state index in [1.54, 1.807) is 0 Å². The second-order valence-electron chi connectivity index (χ2n) is 6.56. The van der Waals surface area contributed by atoms with Gasteiger partial charge in [0.15, 0.2) is 0 Å². The second kappa shape index (κ2) is 6.73. The third kappa shape index (κ3) is 3.94. The zero-order valence-corrected chi connectivity index (χ0v) is 15.5. The Morgan fingerprint density at radius 1 is 1.40 bits per heavy atom. The molecule has 1 aliphatic heterocycles. The molecule has 4 heteroatoms. The average molecular weight is 355 g/mol. The molecule has 0 saturated carbocycles. The van der Waals surface area contributed by atoms with Crippen molar-refractivity contribution in [2.45, 2.75) is 51.0 Å². The highest BCUT2D eigenvalue weighted by Gasteiger charge is 2.25. The summed E-state index contributed by atoms with van der Waals surface area (Å²) in [5.74, 6) is 0. The van der Waals surface area contributed by atoms with Crippen LogP contribution in [0.2, 0.25) is 18.1 Å². The Balaban J connectivity index is 1.87. The van der Waals surface area contributed by atoms with Gasteiger partial charge in [-0.05, 0) is 28.7 Å². The van der Waals surface area contributed by atoms with Crippen LogP contribution in [0.4, 0.5) is 0 Å². The van der Waals surface area contributed by atoms with Crippen LogP contribution in [0.5, 0.6) is 0 Å². The topological polar surface area (TPSA) is 21.3 Å². The van der Waals surface area contributed by atoms with Crippen LogP contribution >= 0.6 is 15.9 Å². The number of benzene rings is 1. The first kappa shape index (κ1) is 16.2. The van der Waals surface area contributed by atoms with E-state index in [4.69, 9.17) is 4.74 Å². The molecule has 1 radical (unpaired) electrons. The molecule has 111 valence electrons. The van der Waals surface area contributed by atoms with Crippen LogP contribution in [0, 0.1) is 0 Å². The fraction of sp³-hybridized carbons (Fsp3) is 0.625. The molecule has 2 rings (SSSR count). The Bertz CT molecular complexity index is 462. The zero-order chi connectivity index (χ0) is 14.8. The summed E-state index contributed by atoms with van der Waals surface area (Å²) < 4.78 is 7.23. The number of nitrogens with one attached hydrogen (secondary N) is 1. The van der Waals surface area contributed by atoms with Gasteiger partial charge in [0, 0.05) is 23.7 Å². The predicted octanol–water partition coefficient (Wildman–Crippen LogP) is 4.01. The largest absolute Gasteiger partial charge is 0.380 e. The maximum atomic E-state index is 6.00. The Morgan fingerprint density at radius 3 is 2.85 bits per heavy atom. The second-order valence-corrected chi connectivity index (χ2v) is 10.8. The van der Waals surface area contributed by atoms with E-state index < -0.39 is 0 Å². The van der Waals surface area contributed by atoms with Crippen LogP contribution in [-0.4, -0.2) is 28.1 Å². The highest BCUT2D eigenvalue weighted by atomic mass is 79.9. The lowest BCUT2D eigenvalue weighted by molar-refractivity contribution is 0.0912. The number of rotatable bonds is 5. The van der Waals surface area contributed by atoms with Gasteiger partial charge in [-0.3, -0.25) is 0 Å². The minimum Gasteiger partial charge on any atom is -0.380 e. The standard InChI is InChI=1S/C16H25BrNOSi/c1-16(2,20(3)4)11-19-10-13-8-14-12(9-18-13)6-5-7-15(14)17/h5-7,13,18H,8-11H2,1-4H3/t13-/m1/s1. The molecule has 0 aromatic heterocycles. The third-order valence-corrected chi connectivity index (χ3v) is 7.98. The van der Waals surface area contributed by atoms with E-state index in [9.17, 15) is 0 Å². The van der Waals surface area contributed by atoms with Crippen molar-refractivity contribution in [2.24, 2.45) is 0 Å². The summed E-state index contributed by atoms with van der Waals surface area (Å²) in [5, 5.41) is 3.93. The van der Waals surface area contributed by atoms with E-state index in [1.807, 2.05) is 0 Å². The van der Waals surface area contributed by atoms with Gasteiger partial charge in [-0.15, -0.1) is 0 Å². The first-order valence-corrected chi connectivity index (χ1v) is 10.6. The van der Waals surface area contributed by atoms with E-state index in [2.05, 4.69) is 66.4 Å². The first-order chi connectivity index (χ1) is 9.40. The molecule has 2 nitrogen and oxygen atoms in total. The first-order valence-electron chi connectivity index (χ1n) is 7.28. The van der Waals surface area contributed by atoms with Crippen LogP contribution in [0.3, 0.4) is 0 Å². The molecule has 1 aromatic rings. The molecule has 1 atom stereocenters. The molecule has 0 unspecified atom stereocenters. The van der Waals surface area contributed by atoms with Crippen molar-refractivity contribution < 1.29 is 4.74 Å². The molecule has 1 aromatic carbocycles. The third-order valence-electron chi connectivity index (χ3n) is 4.38. The van der Waals surface area contributed by atoms with Gasteiger partial charge in [-0.2, -0.15) is 0 Å². The molecule has 20 heavy (non-hydrogen) atoms. The SMILES string of the molecule is C[Si](C)C(C)(C)COC[C@H]1Cc2c(Br)cccc2CN1. The Morgan fingerprint density at radius 2 is 2.15 bits per heavy atom. The fourth-order valence-corrected chi connectivity index (χ4v) is 3.25. The smallest absolute Gasteiger partial charge is 0.0623 e. The number of ether oxygens (including phenoxy) is 1. The summed E-state index contributed by atoms with van der Waals surface area (Å²) in [5.41, 5.74) is 2.85. The lowest BCUT2D eigenvalue weighted by Gasteiger charge is -2.31. The van der Waals surface area contributed by atoms with Crippen LogP contribution in [0.1, 0.15) is 25.0 Å². The fourth-order valence-electron chi connectivity index (χ4n) is 2.29. The normalized spacial score (nSPS) is 19.2. The van der Waals surface area contributed by atoms with Crippen molar-refractivity contribution in [1.82, 2.24) is 5.32 Å². The number of halogens is 1. The summed E-state index contributed by atoms with van der Waals surface area (Å²) in [6, 6.07) is 6.88. The van der Waals surface area contributed by atoms with Gasteiger partial charge in [0.1, 0.15) is 0 Å². The summed E-state index contributed by atoms with van der Waals surface area (Å²) in [7, 11) is -0.321. The molecule has 1 N–H and O–H groups in total. The van der Waals surface area contributed by atoms with Crippen molar-refractivity contribution in [1.29, 1.82) is 0 Å². The molecule has 0 saturated heterocycles. The highest BCUT2D eigenvalue weighted by Crippen LogP contribution is 2.29. The van der Waals surface area contributed by atoms with Crippen molar-refractivity contribution in [3.8, 4) is 0 Å². The molecule has 1 aliphatic rings. The zero-order valence-electron chi connectivity index (χ0n) is 12.9. The van der Waals surface area contributed by atoms with Crippen LogP contribution in [0.15, 0.2) is 22.7 Å². The molecule has 1 heterocycles. The molecule has 0 aliphatic carbocycles. The van der Waals surface area contributed by atoms with E-state index >= 15 is 0 Å². The van der Waals surface area contributed by atoms with Crippen molar-refractivity contribution in [3.63, 3.8) is 0 Å². The van der Waals surface area contributed by atoms with E-state index in [1.165, 1.54) is 15.6 Å². The van der Waals surface area contributed by atoms with Crippen LogP contribution in [-0.2, 0) is 17.7 Å². The lowest BCUT2D eigenvalue weighted by Crippen LogP contribution is -2.40. The minimum atomic E-state index is -0.321. The quantitative estimate of drug-likeness (QED) is 0.806. The van der Waals surface area contributed by atoms with E-state index in [-0.39, 0.29) is 8.80 Å². The van der Waals surface area contributed by atoms with Gasteiger partial charge < -0.3 is 10.1 Å². The molecule has 0 fully saturated rings. The van der Waals surface area contributed by atoms with E-state index in [0.717, 1.165) is 26.2 Å². The summed E-state index contributed by atoms with van der Waals surface area (Å²) in [4.78, 5) is 0. The lowest BCUT2D eigenvalue weighted by atomic mass is 9.96. The predicted molar refractivity (Wildman–Crippen MR) is 90.8 cm³/mol. The monoisotopic (exact) mass is 354 g/mol. The molecular weight excluding hydrogens is 330 g/mol. The van der Waals surface area contributed by atoms with Gasteiger partial charge >= 0.3 is 0 Å². The molecular formula is C16H25BrNOSi. The number of hydrogen-bond donors (Lipinski definition) is 1. The van der Waals surface area contributed by atoms with Crippen molar-refractivity contribution >= 4 is 24.7 Å². The summed E-state index contributed by atoms with van der Waals surface area (Å²) in [6.45, 7) is 12.0. The van der Waals surface area contributed by atoms with Crippen LogP contribution < -0.4 is 5.32 Å². The number of fused-ring (bicyclic) bond motifs is 1. The Hall–Kier alpha value is -0.163. The Labute approximate surface area is 133 Å². The van der Waals surface area contributed by atoms with Gasteiger partial charge in [0.2, 0.25) is 0 Å². The molecule has 0 bridgehead atoms. The summed E-state index contributed by atoms with van der Waals surface area (Å²) in [6.07, 6.45) is 1.05. The number of hydrogen-bond acceptors (Lipinski definition) is 2. The van der Waals surface area contributed by atoms with Crippen molar-refractivity contribution in [2.75, 3.05) is 13.2 Å². The Kier molecular flexibility index (Phi) is 5.46. The summed E-state index contributed by atoms with van der Waals surface area (Å²) >= 11 is 3.66. The minimum absolute atomic E-state index is 0.321. The van der Waals surface area contributed by atoms with Gasteiger partial charge in [-0.25, -0.2) is 0 Å². The molecule has 0 amide bonds. The van der Waals surface area contributed by atoms with Crippen LogP contribution in [0.25, 0.3) is 0 Å². The maximum absolute atomic E-state index is 6.00. The van der Waals surface area contributed by atoms with Gasteiger partial charge in [0.25, 0.3) is 0 Å². The van der Waals surface area contributed by atoms with Gasteiger partial charge in [-0.1, -0.05) is 55.0 Å². The van der Waals surface area contributed by atoms with Gasteiger partial charge in [0.05, 0.1) is 15.4 Å². The maximum Gasteiger partial charge on any atom is 0.0623 e.